The molecule has 38 heavy (non-hydrogen) atoms. The van der Waals surface area contributed by atoms with Crippen molar-refractivity contribution in [3.8, 4) is 17.2 Å². The van der Waals surface area contributed by atoms with E-state index in [-0.39, 0.29) is 29.5 Å². The van der Waals surface area contributed by atoms with Gasteiger partial charge >= 0.3 is 0 Å². The number of hydrogen-bond donors (Lipinski definition) is 1. The molecular formula is C25H35N3O8S2. The summed E-state index contributed by atoms with van der Waals surface area (Å²) in [4.78, 5) is 13.1. The molecule has 1 amide bonds. The molecule has 2 aromatic rings. The monoisotopic (exact) mass is 569 g/mol. The zero-order chi connectivity index (χ0) is 27.9. The van der Waals surface area contributed by atoms with Crippen LogP contribution in [0.25, 0.3) is 0 Å². The van der Waals surface area contributed by atoms with Crippen molar-refractivity contribution in [2.45, 2.75) is 37.1 Å². The van der Waals surface area contributed by atoms with Crippen LogP contribution in [-0.4, -0.2) is 79.8 Å². The number of carbonyl (C=O) groups is 1. The van der Waals surface area contributed by atoms with Gasteiger partial charge in [-0.3, -0.25) is 9.10 Å². The predicted octanol–water partition coefficient (Wildman–Crippen LogP) is 2.23. The highest BCUT2D eigenvalue weighted by molar-refractivity contribution is 7.92. The van der Waals surface area contributed by atoms with Gasteiger partial charge in [0.15, 0.2) is 0 Å². The predicted molar refractivity (Wildman–Crippen MR) is 144 cm³/mol. The summed E-state index contributed by atoms with van der Waals surface area (Å²) in [6.07, 6.45) is 3.77. The standard InChI is InChI=1S/C25H35N3O8S2/c1-19(28(37(4,30)31)23-18-21(34-2)10-13-24(23)35-3)25(29)26-14-17-36-20-8-11-22(12-9-20)38(32,33)27-15-6-5-7-16-27/h8-13,18-19H,5-7,14-17H2,1-4H3,(H,26,29)/t19-/m1/s1. The van der Waals surface area contributed by atoms with Crippen LogP contribution in [0.1, 0.15) is 26.2 Å². The lowest BCUT2D eigenvalue weighted by atomic mass is 10.2. The molecule has 3 rings (SSSR count). The van der Waals surface area contributed by atoms with Crippen LogP contribution < -0.4 is 23.8 Å². The third-order valence-electron chi connectivity index (χ3n) is 6.16. The van der Waals surface area contributed by atoms with Gasteiger partial charge in [-0.15, -0.1) is 0 Å². The second-order valence-corrected chi connectivity index (χ2v) is 12.6. The van der Waals surface area contributed by atoms with Crippen molar-refractivity contribution in [2.75, 3.05) is 51.0 Å². The number of carbonyl (C=O) groups excluding carboxylic acids is 1. The van der Waals surface area contributed by atoms with Crippen molar-refractivity contribution in [3.63, 3.8) is 0 Å². The summed E-state index contributed by atoms with van der Waals surface area (Å²) in [6, 6.07) is 9.74. The largest absolute Gasteiger partial charge is 0.497 e. The molecule has 1 atom stereocenters. The highest BCUT2D eigenvalue weighted by Crippen LogP contribution is 2.35. The number of amides is 1. The molecule has 1 fully saturated rings. The molecule has 0 bridgehead atoms. The average Bonchev–Trinajstić information content (AvgIpc) is 2.91. The van der Waals surface area contributed by atoms with Gasteiger partial charge in [-0.1, -0.05) is 6.42 Å². The number of anilines is 1. The second-order valence-electron chi connectivity index (χ2n) is 8.85. The van der Waals surface area contributed by atoms with E-state index in [0.29, 0.717) is 24.6 Å². The van der Waals surface area contributed by atoms with Gasteiger partial charge in [-0.05, 0) is 56.2 Å². The SMILES string of the molecule is COc1ccc(OC)c(N([C@H](C)C(=O)NCCOc2ccc(S(=O)(=O)N3CCCCC3)cc2)S(C)(=O)=O)c1. The number of rotatable bonds is 12. The van der Waals surface area contributed by atoms with Crippen LogP contribution >= 0.6 is 0 Å². The van der Waals surface area contributed by atoms with E-state index in [1.807, 2.05) is 0 Å². The fraction of sp³-hybridized carbons (Fsp3) is 0.480. The summed E-state index contributed by atoms with van der Waals surface area (Å²) >= 11 is 0. The quantitative estimate of drug-likeness (QED) is 0.385. The van der Waals surface area contributed by atoms with E-state index in [1.54, 1.807) is 24.3 Å². The van der Waals surface area contributed by atoms with E-state index in [9.17, 15) is 21.6 Å². The lowest BCUT2D eigenvalue weighted by Gasteiger charge is -2.29. The maximum absolute atomic E-state index is 12.9. The third kappa shape index (κ3) is 7.08. The molecule has 1 saturated heterocycles. The normalized spacial score (nSPS) is 15.4. The van der Waals surface area contributed by atoms with Crippen molar-refractivity contribution in [1.82, 2.24) is 9.62 Å². The van der Waals surface area contributed by atoms with Gasteiger partial charge in [0.25, 0.3) is 0 Å². The molecule has 0 unspecified atom stereocenters. The molecule has 1 aliphatic heterocycles. The first-order valence-corrected chi connectivity index (χ1v) is 15.5. The maximum atomic E-state index is 12.9. The van der Waals surface area contributed by atoms with Crippen molar-refractivity contribution in [3.05, 3.63) is 42.5 Å². The number of benzene rings is 2. The van der Waals surface area contributed by atoms with Crippen molar-refractivity contribution in [1.29, 1.82) is 0 Å². The van der Waals surface area contributed by atoms with Crippen LogP contribution in [0.3, 0.4) is 0 Å². The topological polar surface area (TPSA) is 132 Å². The smallest absolute Gasteiger partial charge is 0.243 e. The van der Waals surface area contributed by atoms with Crippen LogP contribution in [-0.2, 0) is 24.8 Å². The highest BCUT2D eigenvalue weighted by Gasteiger charge is 2.31. The highest BCUT2D eigenvalue weighted by atomic mass is 32.2. The Morgan fingerprint density at radius 3 is 2.18 bits per heavy atom. The lowest BCUT2D eigenvalue weighted by molar-refractivity contribution is -0.121. The van der Waals surface area contributed by atoms with Crippen LogP contribution in [0.4, 0.5) is 5.69 Å². The van der Waals surface area contributed by atoms with Gasteiger partial charge in [0.1, 0.15) is 29.9 Å². The Morgan fingerprint density at radius 2 is 1.61 bits per heavy atom. The van der Waals surface area contributed by atoms with Crippen LogP contribution in [0.15, 0.2) is 47.4 Å². The minimum atomic E-state index is -3.86. The summed E-state index contributed by atoms with van der Waals surface area (Å²) in [5.41, 5.74) is 0.174. The van der Waals surface area contributed by atoms with Crippen LogP contribution in [0.2, 0.25) is 0 Å². The Balaban J connectivity index is 1.60. The average molecular weight is 570 g/mol. The van der Waals surface area contributed by atoms with Crippen molar-refractivity contribution < 1.29 is 35.8 Å². The number of sulfonamides is 2. The van der Waals surface area contributed by atoms with Gasteiger partial charge in [-0.2, -0.15) is 4.31 Å². The van der Waals surface area contributed by atoms with Crippen molar-refractivity contribution >= 4 is 31.6 Å². The number of ether oxygens (including phenoxy) is 3. The second kappa shape index (κ2) is 12.7. The number of nitrogens with zero attached hydrogens (tertiary/aromatic N) is 2. The Hall–Kier alpha value is -3.03. The molecule has 1 heterocycles. The Labute approximate surface area is 224 Å². The molecule has 0 saturated carbocycles. The van der Waals surface area contributed by atoms with E-state index < -0.39 is 32.0 Å². The van der Waals surface area contributed by atoms with Crippen LogP contribution in [0, 0.1) is 0 Å². The zero-order valence-electron chi connectivity index (χ0n) is 22.0. The van der Waals surface area contributed by atoms with Crippen molar-refractivity contribution in [2.24, 2.45) is 0 Å². The number of piperidine rings is 1. The molecule has 0 aliphatic carbocycles. The molecule has 11 nitrogen and oxygen atoms in total. The first-order valence-electron chi connectivity index (χ1n) is 12.2. The lowest BCUT2D eigenvalue weighted by Crippen LogP contribution is -2.48. The summed E-state index contributed by atoms with van der Waals surface area (Å²) in [5, 5.41) is 2.68. The van der Waals surface area contributed by atoms with Crippen LogP contribution in [0.5, 0.6) is 17.2 Å². The van der Waals surface area contributed by atoms with E-state index >= 15 is 0 Å². The molecule has 1 aliphatic rings. The first-order chi connectivity index (χ1) is 18.0. The minimum Gasteiger partial charge on any atom is -0.497 e. The Kier molecular flexibility index (Phi) is 9.85. The van der Waals surface area contributed by atoms with Gasteiger partial charge in [-0.25, -0.2) is 16.8 Å². The van der Waals surface area contributed by atoms with E-state index in [2.05, 4.69) is 5.32 Å². The fourth-order valence-electron chi connectivity index (χ4n) is 4.20. The molecule has 210 valence electrons. The molecule has 0 spiro atoms. The summed E-state index contributed by atoms with van der Waals surface area (Å²) in [5.74, 6) is 0.589. The molecule has 0 radical (unpaired) electrons. The van der Waals surface area contributed by atoms with Gasteiger partial charge in [0, 0.05) is 19.2 Å². The third-order valence-corrected chi connectivity index (χ3v) is 9.30. The number of hydrogen-bond acceptors (Lipinski definition) is 8. The molecule has 1 N–H and O–H groups in total. The van der Waals surface area contributed by atoms with Gasteiger partial charge in [0.05, 0.1) is 37.6 Å². The molecule has 2 aromatic carbocycles. The maximum Gasteiger partial charge on any atom is 0.243 e. The van der Waals surface area contributed by atoms with Gasteiger partial charge < -0.3 is 19.5 Å². The number of methoxy groups -OCH3 is 2. The molecule has 0 aromatic heterocycles. The van der Waals surface area contributed by atoms with E-state index in [0.717, 1.165) is 29.8 Å². The fourth-order valence-corrected chi connectivity index (χ4v) is 6.89. The zero-order valence-corrected chi connectivity index (χ0v) is 23.7. The summed E-state index contributed by atoms with van der Waals surface area (Å²) < 4.78 is 69.5. The van der Waals surface area contributed by atoms with E-state index in [1.165, 1.54) is 43.6 Å². The van der Waals surface area contributed by atoms with Gasteiger partial charge in [0.2, 0.25) is 26.0 Å². The van der Waals surface area contributed by atoms with E-state index in [4.69, 9.17) is 14.2 Å². The minimum absolute atomic E-state index is 0.0953. The number of nitrogens with one attached hydrogen (secondary N) is 1. The molecule has 13 heteroatoms. The summed E-state index contributed by atoms with van der Waals surface area (Å²) in [6.45, 7) is 2.72. The molecular weight excluding hydrogens is 534 g/mol. The summed E-state index contributed by atoms with van der Waals surface area (Å²) in [7, 11) is -4.53. The Morgan fingerprint density at radius 1 is 0.974 bits per heavy atom. The Bertz CT molecular complexity index is 1310. The first kappa shape index (κ1) is 29.5.